The molecular formula is C10H10F3NO. The second kappa shape index (κ2) is 3.84. The summed E-state index contributed by atoms with van der Waals surface area (Å²) >= 11 is 0. The summed E-state index contributed by atoms with van der Waals surface area (Å²) in [6, 6.07) is 4.04. The maximum Gasteiger partial charge on any atom is 0.573 e. The molecule has 0 fully saturated rings. The van der Waals surface area contributed by atoms with Gasteiger partial charge in [0.15, 0.2) is 5.75 Å². The predicted molar refractivity (Wildman–Crippen MR) is 52.2 cm³/mol. The monoisotopic (exact) mass is 217 g/mol. The molecule has 0 unspecified atom stereocenters. The van der Waals surface area contributed by atoms with Crippen LogP contribution in [0.25, 0.3) is 5.57 Å². The third kappa shape index (κ3) is 3.19. The number of halogens is 3. The minimum Gasteiger partial charge on any atom is -0.404 e. The Morgan fingerprint density at radius 2 is 2.00 bits per heavy atom. The molecule has 2 N–H and O–H groups in total. The molecule has 5 heteroatoms. The van der Waals surface area contributed by atoms with E-state index in [1.165, 1.54) is 18.2 Å². The van der Waals surface area contributed by atoms with E-state index in [2.05, 4.69) is 11.3 Å². The summed E-state index contributed by atoms with van der Waals surface area (Å²) in [5, 5.41) is 0. The molecule has 82 valence electrons. The van der Waals surface area contributed by atoms with Gasteiger partial charge in [-0.15, -0.1) is 13.2 Å². The molecule has 0 aliphatic carbocycles. The highest BCUT2D eigenvalue weighted by Gasteiger charge is 2.31. The number of hydrogen-bond acceptors (Lipinski definition) is 2. The lowest BCUT2D eigenvalue weighted by molar-refractivity contribution is -0.274. The molecule has 0 radical (unpaired) electrons. The number of nitrogen functional groups attached to an aromatic ring is 1. The van der Waals surface area contributed by atoms with Crippen molar-refractivity contribution in [1.82, 2.24) is 0 Å². The van der Waals surface area contributed by atoms with Crippen LogP contribution in [0, 0.1) is 0 Å². The Bertz CT molecular complexity index is 385. The molecule has 1 rings (SSSR count). The van der Waals surface area contributed by atoms with E-state index in [0.29, 0.717) is 5.56 Å². The van der Waals surface area contributed by atoms with Gasteiger partial charge < -0.3 is 10.5 Å². The van der Waals surface area contributed by atoms with E-state index in [1.54, 1.807) is 6.92 Å². The third-order valence-electron chi connectivity index (χ3n) is 1.73. The number of benzene rings is 1. The molecule has 0 heterocycles. The molecule has 0 aromatic heterocycles. The first-order valence-corrected chi connectivity index (χ1v) is 4.11. The number of anilines is 1. The lowest BCUT2D eigenvalue weighted by Gasteiger charge is -2.11. The van der Waals surface area contributed by atoms with Gasteiger partial charge in [-0.1, -0.05) is 18.2 Å². The second-order valence-electron chi connectivity index (χ2n) is 3.08. The quantitative estimate of drug-likeness (QED) is 0.772. The average molecular weight is 217 g/mol. The zero-order valence-electron chi connectivity index (χ0n) is 8.06. The highest BCUT2D eigenvalue weighted by atomic mass is 19.4. The van der Waals surface area contributed by atoms with Gasteiger partial charge in [0.2, 0.25) is 0 Å². The number of rotatable bonds is 2. The van der Waals surface area contributed by atoms with E-state index in [4.69, 9.17) is 5.73 Å². The maximum absolute atomic E-state index is 11.9. The van der Waals surface area contributed by atoms with Gasteiger partial charge >= 0.3 is 6.36 Å². The summed E-state index contributed by atoms with van der Waals surface area (Å²) in [5.74, 6) is -0.396. The molecule has 0 amide bonds. The summed E-state index contributed by atoms with van der Waals surface area (Å²) in [5.41, 5.74) is 6.74. The molecule has 0 atom stereocenters. The van der Waals surface area contributed by atoms with Crippen LogP contribution < -0.4 is 10.5 Å². The molecule has 0 aliphatic heterocycles. The van der Waals surface area contributed by atoms with Gasteiger partial charge in [0, 0.05) is 0 Å². The molecule has 1 aromatic carbocycles. The van der Waals surface area contributed by atoms with E-state index in [-0.39, 0.29) is 5.69 Å². The van der Waals surface area contributed by atoms with Gasteiger partial charge in [-0.2, -0.15) is 0 Å². The molecule has 0 spiro atoms. The molecule has 2 nitrogen and oxygen atoms in total. The van der Waals surface area contributed by atoms with Crippen molar-refractivity contribution >= 4 is 11.3 Å². The molecule has 0 saturated carbocycles. The summed E-state index contributed by atoms with van der Waals surface area (Å²) < 4.78 is 39.4. The van der Waals surface area contributed by atoms with Crippen molar-refractivity contribution < 1.29 is 17.9 Å². The normalized spacial score (nSPS) is 11.2. The fourth-order valence-corrected chi connectivity index (χ4v) is 1.03. The molecule has 0 saturated heterocycles. The molecule has 1 aromatic rings. The SMILES string of the molecule is C=C(C)c1ccc(OC(F)(F)F)c(N)c1. The van der Waals surface area contributed by atoms with Crippen molar-refractivity contribution in [3.05, 3.63) is 30.3 Å². The van der Waals surface area contributed by atoms with Crippen molar-refractivity contribution in [2.75, 3.05) is 5.73 Å². The van der Waals surface area contributed by atoms with Crippen molar-refractivity contribution in [3.8, 4) is 5.75 Å². The Labute approximate surface area is 85.2 Å². The Morgan fingerprint density at radius 3 is 2.40 bits per heavy atom. The maximum atomic E-state index is 11.9. The van der Waals surface area contributed by atoms with Crippen molar-refractivity contribution in [3.63, 3.8) is 0 Å². The Balaban J connectivity index is 2.99. The van der Waals surface area contributed by atoms with Gasteiger partial charge in [0.1, 0.15) is 0 Å². The van der Waals surface area contributed by atoms with Gasteiger partial charge in [0.05, 0.1) is 5.69 Å². The van der Waals surface area contributed by atoms with Gasteiger partial charge in [-0.3, -0.25) is 0 Å². The number of hydrogen-bond donors (Lipinski definition) is 1. The van der Waals surface area contributed by atoms with E-state index >= 15 is 0 Å². The molecule has 0 bridgehead atoms. The van der Waals surface area contributed by atoms with E-state index in [1.807, 2.05) is 0 Å². The molecule has 15 heavy (non-hydrogen) atoms. The standard InChI is InChI=1S/C10H10F3NO/c1-6(2)7-3-4-9(8(14)5-7)15-10(11,12)13/h3-5H,1,14H2,2H3. The van der Waals surface area contributed by atoms with Crippen molar-refractivity contribution in [1.29, 1.82) is 0 Å². The van der Waals surface area contributed by atoms with Crippen LogP contribution in [0.3, 0.4) is 0 Å². The van der Waals surface area contributed by atoms with Gasteiger partial charge in [-0.25, -0.2) is 0 Å². The lowest BCUT2D eigenvalue weighted by Crippen LogP contribution is -2.18. The van der Waals surface area contributed by atoms with Crippen molar-refractivity contribution in [2.45, 2.75) is 13.3 Å². The van der Waals surface area contributed by atoms with E-state index in [9.17, 15) is 13.2 Å². The van der Waals surface area contributed by atoms with E-state index in [0.717, 1.165) is 5.57 Å². The minimum atomic E-state index is -4.72. The van der Waals surface area contributed by atoms with Crippen LogP contribution in [0.2, 0.25) is 0 Å². The first-order chi connectivity index (χ1) is 6.79. The Kier molecular flexibility index (Phi) is 2.93. The smallest absolute Gasteiger partial charge is 0.404 e. The van der Waals surface area contributed by atoms with Gasteiger partial charge in [-0.05, 0) is 24.6 Å². The third-order valence-corrected chi connectivity index (χ3v) is 1.73. The summed E-state index contributed by atoms with van der Waals surface area (Å²) in [6.45, 7) is 5.39. The van der Waals surface area contributed by atoms with Crippen LogP contribution in [0.15, 0.2) is 24.8 Å². The van der Waals surface area contributed by atoms with Crippen LogP contribution in [0.5, 0.6) is 5.75 Å². The van der Waals surface area contributed by atoms with E-state index < -0.39 is 12.1 Å². The Morgan fingerprint density at radius 1 is 1.40 bits per heavy atom. The number of alkyl halides is 3. The Hall–Kier alpha value is -1.65. The summed E-state index contributed by atoms with van der Waals surface area (Å²) in [6.07, 6.45) is -4.72. The highest BCUT2D eigenvalue weighted by molar-refractivity contribution is 5.68. The van der Waals surface area contributed by atoms with Crippen LogP contribution in [0.4, 0.5) is 18.9 Å². The first kappa shape index (κ1) is 11.4. The number of allylic oxidation sites excluding steroid dienone is 1. The summed E-state index contributed by atoms with van der Waals surface area (Å²) in [4.78, 5) is 0. The van der Waals surface area contributed by atoms with Crippen LogP contribution in [0.1, 0.15) is 12.5 Å². The van der Waals surface area contributed by atoms with Crippen LogP contribution in [-0.2, 0) is 0 Å². The predicted octanol–water partition coefficient (Wildman–Crippen LogP) is 3.20. The number of nitrogens with two attached hydrogens (primary N) is 1. The van der Waals surface area contributed by atoms with Crippen LogP contribution in [-0.4, -0.2) is 6.36 Å². The first-order valence-electron chi connectivity index (χ1n) is 4.11. The zero-order valence-corrected chi connectivity index (χ0v) is 8.06. The lowest BCUT2D eigenvalue weighted by atomic mass is 10.1. The molecule has 0 aliphatic rings. The minimum absolute atomic E-state index is 0.0622. The summed E-state index contributed by atoms with van der Waals surface area (Å²) in [7, 11) is 0. The number of ether oxygens (including phenoxy) is 1. The average Bonchev–Trinajstić information content (AvgIpc) is 2.05. The van der Waals surface area contributed by atoms with Gasteiger partial charge in [0.25, 0.3) is 0 Å². The van der Waals surface area contributed by atoms with Crippen LogP contribution >= 0.6 is 0 Å². The van der Waals surface area contributed by atoms with Crippen molar-refractivity contribution in [2.24, 2.45) is 0 Å². The molecular weight excluding hydrogens is 207 g/mol. The topological polar surface area (TPSA) is 35.2 Å². The fraction of sp³-hybridized carbons (Fsp3) is 0.200. The highest BCUT2D eigenvalue weighted by Crippen LogP contribution is 2.30. The zero-order chi connectivity index (χ0) is 11.6. The largest absolute Gasteiger partial charge is 0.573 e. The fourth-order valence-electron chi connectivity index (χ4n) is 1.03. The second-order valence-corrected chi connectivity index (χ2v) is 3.08.